The summed E-state index contributed by atoms with van der Waals surface area (Å²) in [5.41, 5.74) is 14.7. The Hall–Kier alpha value is -9.16. The Morgan fingerprint density at radius 3 is 1.21 bits per heavy atom. The van der Waals surface area contributed by atoms with E-state index >= 15 is 9.59 Å². The highest BCUT2D eigenvalue weighted by atomic mass is 16.6. The molecule has 0 saturated heterocycles. The van der Waals surface area contributed by atoms with Gasteiger partial charge < -0.3 is 15.2 Å². The summed E-state index contributed by atoms with van der Waals surface area (Å²) in [5.74, 6) is 1.52. The van der Waals surface area contributed by atoms with Crippen molar-refractivity contribution in [3.8, 4) is 33.8 Å². The highest BCUT2D eigenvalue weighted by molar-refractivity contribution is 6.50. The van der Waals surface area contributed by atoms with Gasteiger partial charge in [0.25, 0.3) is 16.8 Å². The standard InChI is InChI=1S/C78H76N6O6/c1-5-7-9-11-13-15-17-19-21-23-29-89-55-33-45(3)31-51(35-55)53-41-61(79)73-62(42-53)82-75(80-73)57-37-47-25-26-48-38-58-70-60(40-50-28-27-49-39-59(77(82)85)69(57)71-65(47)66(48)72(70)68(50)67(49)71)78(86)83-63-43-54(44-64(84(87)88)74(63)81-76(58)83)52-32-46(4)34-56(36-52)90-30-24-22-20-18-16-14-12-10-8-6-2/h25-28,31-44H,5-24,29-30,79H2,1-4H3. The summed E-state index contributed by atoms with van der Waals surface area (Å²) in [4.78, 5) is 54.2. The van der Waals surface area contributed by atoms with Crippen molar-refractivity contribution in [3.05, 3.63) is 151 Å². The average Bonchev–Trinajstić information content (AvgIpc) is 0.940. The van der Waals surface area contributed by atoms with E-state index in [0.717, 1.165) is 135 Å². The van der Waals surface area contributed by atoms with Gasteiger partial charge in [0, 0.05) is 49.2 Å². The lowest BCUT2D eigenvalue weighted by Crippen LogP contribution is -2.14. The summed E-state index contributed by atoms with van der Waals surface area (Å²) in [7, 11) is 0. The zero-order valence-electron chi connectivity index (χ0n) is 52.2. The van der Waals surface area contributed by atoms with E-state index < -0.39 is 4.92 Å². The summed E-state index contributed by atoms with van der Waals surface area (Å²) < 4.78 is 16.0. The lowest BCUT2D eigenvalue weighted by atomic mass is 9.80. The molecule has 0 bridgehead atoms. The molecule has 0 spiro atoms. The van der Waals surface area contributed by atoms with Crippen LogP contribution in [-0.4, -0.2) is 36.9 Å². The van der Waals surface area contributed by atoms with Crippen LogP contribution in [-0.2, 0) is 0 Å². The minimum atomic E-state index is -0.394. The molecule has 0 aliphatic carbocycles. The Morgan fingerprint density at radius 2 is 0.789 bits per heavy atom. The van der Waals surface area contributed by atoms with Crippen molar-refractivity contribution in [1.29, 1.82) is 0 Å². The number of nitro groups is 1. The van der Waals surface area contributed by atoms with E-state index in [1.807, 2.05) is 55.5 Å². The zero-order chi connectivity index (χ0) is 61.5. The number of rotatable bonds is 27. The SMILES string of the molecule is CCCCCCCCCCCCOc1cc(C)cc(-c2cc(N)c3nc4c5cc6ccc7cc8c9c(cc%10ccc%11cc(c(=O)n4c3c2)c5c2c%11c%10c9c7c62)c(=O)n2c3cc(-c4cc(C)cc(OCCCCCCCCCCCC)c4)cc([N+](=O)[O-])c3nc82)c1. The molecule has 0 fully saturated rings. The van der Waals surface area contributed by atoms with Crippen LogP contribution in [0.1, 0.15) is 153 Å². The first-order chi connectivity index (χ1) is 44.0. The van der Waals surface area contributed by atoms with Crippen LogP contribution in [0.25, 0.3) is 142 Å². The molecule has 0 amide bonds. The fourth-order valence-electron chi connectivity index (χ4n) is 15.4. The van der Waals surface area contributed by atoms with Crippen molar-refractivity contribution >= 4 is 131 Å². The van der Waals surface area contributed by atoms with Crippen LogP contribution < -0.4 is 26.3 Å². The predicted octanol–water partition coefficient (Wildman–Crippen LogP) is 20.5. The monoisotopic (exact) mass is 1190 g/mol. The average molecular weight is 1190 g/mol. The minimum Gasteiger partial charge on any atom is -0.494 e. The molecule has 4 aromatic heterocycles. The molecule has 90 heavy (non-hydrogen) atoms. The van der Waals surface area contributed by atoms with Gasteiger partial charge >= 0.3 is 0 Å². The quantitative estimate of drug-likeness (QED) is 0.0132. The van der Waals surface area contributed by atoms with E-state index in [1.165, 1.54) is 103 Å². The van der Waals surface area contributed by atoms with Gasteiger partial charge in [-0.3, -0.25) is 28.5 Å². The fraction of sp³-hybridized carbons (Fsp3) is 0.333. The number of unbranched alkanes of at least 4 members (excludes halogenated alkanes) is 18. The van der Waals surface area contributed by atoms with Gasteiger partial charge in [0.05, 0.1) is 34.9 Å². The van der Waals surface area contributed by atoms with Crippen LogP contribution in [0.2, 0.25) is 0 Å². The van der Waals surface area contributed by atoms with Gasteiger partial charge in [0.2, 0.25) is 0 Å². The van der Waals surface area contributed by atoms with Crippen LogP contribution in [0.5, 0.6) is 11.5 Å². The molecule has 4 heterocycles. The van der Waals surface area contributed by atoms with Crippen molar-refractivity contribution in [2.45, 2.75) is 156 Å². The maximum absolute atomic E-state index is 15.6. The number of benzene rings is 11. The predicted molar refractivity (Wildman–Crippen MR) is 374 cm³/mol. The largest absolute Gasteiger partial charge is 0.494 e. The maximum atomic E-state index is 15.6. The molecule has 12 heteroatoms. The number of fused-ring (bicyclic) bond motifs is 8. The summed E-state index contributed by atoms with van der Waals surface area (Å²) in [6.07, 6.45) is 25.0. The smallest absolute Gasteiger partial charge is 0.297 e. The Labute approximate surface area is 521 Å². The zero-order valence-corrected chi connectivity index (χ0v) is 52.2. The van der Waals surface area contributed by atoms with Gasteiger partial charge in [-0.1, -0.05) is 166 Å². The number of aryl methyl sites for hydroxylation is 2. The van der Waals surface area contributed by atoms with Crippen LogP contribution in [0.4, 0.5) is 11.4 Å². The summed E-state index contributed by atoms with van der Waals surface area (Å²) in [6.45, 7) is 9.84. The molecule has 15 rings (SSSR count). The molecule has 454 valence electrons. The molecule has 0 unspecified atom stereocenters. The lowest BCUT2D eigenvalue weighted by molar-refractivity contribution is -0.383. The van der Waals surface area contributed by atoms with Crippen molar-refractivity contribution in [3.63, 3.8) is 0 Å². The first-order valence-corrected chi connectivity index (χ1v) is 33.3. The number of hydrogen-bond acceptors (Lipinski definition) is 9. The maximum Gasteiger partial charge on any atom is 0.297 e. The van der Waals surface area contributed by atoms with E-state index in [2.05, 4.69) is 75.4 Å². The van der Waals surface area contributed by atoms with Crippen LogP contribution >= 0.6 is 0 Å². The molecule has 0 aliphatic heterocycles. The molecule has 0 atom stereocenters. The minimum absolute atomic E-state index is 0.148. The van der Waals surface area contributed by atoms with E-state index in [1.54, 1.807) is 14.9 Å². The molecular weight excluding hydrogens is 1120 g/mol. The third kappa shape index (κ3) is 9.62. The number of ether oxygens (including phenoxy) is 2. The van der Waals surface area contributed by atoms with Crippen LogP contribution in [0, 0.1) is 24.0 Å². The van der Waals surface area contributed by atoms with Gasteiger partial charge in [-0.2, -0.15) is 0 Å². The van der Waals surface area contributed by atoms with Crippen molar-refractivity contribution in [2.75, 3.05) is 18.9 Å². The third-order valence-electron chi connectivity index (χ3n) is 19.7. The van der Waals surface area contributed by atoms with Gasteiger partial charge in [0.15, 0.2) is 5.52 Å². The van der Waals surface area contributed by atoms with E-state index in [4.69, 9.17) is 25.2 Å². The highest BCUT2D eigenvalue weighted by Crippen LogP contribution is 2.53. The molecule has 15 aromatic rings. The highest BCUT2D eigenvalue weighted by Gasteiger charge is 2.30. The van der Waals surface area contributed by atoms with Crippen molar-refractivity contribution in [1.82, 2.24) is 18.8 Å². The number of hydrogen-bond donors (Lipinski definition) is 1. The second kappa shape index (κ2) is 23.3. The summed E-state index contributed by atoms with van der Waals surface area (Å²) in [5, 5.41) is 27.0. The number of nitrogens with zero attached hydrogens (tertiary/aromatic N) is 5. The molecule has 2 N–H and O–H groups in total. The number of nitro benzene ring substituents is 1. The number of nitrogens with two attached hydrogens (primary N) is 1. The van der Waals surface area contributed by atoms with Gasteiger partial charge in [0.1, 0.15) is 28.3 Å². The second-order valence-corrected chi connectivity index (χ2v) is 26.1. The van der Waals surface area contributed by atoms with E-state index in [-0.39, 0.29) is 22.3 Å². The topological polar surface area (TPSA) is 156 Å². The number of imidazole rings is 2. The van der Waals surface area contributed by atoms with Gasteiger partial charge in [-0.25, -0.2) is 9.97 Å². The Kier molecular flexibility index (Phi) is 14.9. The number of non-ortho nitro benzene ring substituents is 1. The van der Waals surface area contributed by atoms with Gasteiger partial charge in [-0.05, 0) is 170 Å². The molecular formula is C78H76N6O6. The lowest BCUT2D eigenvalue weighted by Gasteiger charge is -2.23. The molecule has 11 aromatic carbocycles. The van der Waals surface area contributed by atoms with E-state index in [9.17, 15) is 10.1 Å². The summed E-state index contributed by atoms with van der Waals surface area (Å²) in [6, 6.07) is 36.3. The number of anilines is 1. The fourth-order valence-corrected chi connectivity index (χ4v) is 15.4. The third-order valence-corrected chi connectivity index (χ3v) is 19.7. The molecule has 0 aliphatic rings. The number of nitrogen functional groups attached to an aromatic ring is 1. The van der Waals surface area contributed by atoms with Crippen LogP contribution in [0.3, 0.4) is 0 Å². The van der Waals surface area contributed by atoms with Crippen molar-refractivity contribution < 1.29 is 14.4 Å². The molecule has 0 radical (unpaired) electrons. The van der Waals surface area contributed by atoms with E-state index in [0.29, 0.717) is 68.8 Å². The van der Waals surface area contributed by atoms with Crippen molar-refractivity contribution in [2.24, 2.45) is 0 Å². The first-order valence-electron chi connectivity index (χ1n) is 33.3. The summed E-state index contributed by atoms with van der Waals surface area (Å²) >= 11 is 0. The normalized spacial score (nSPS) is 12.5. The van der Waals surface area contributed by atoms with Crippen LogP contribution in [0.15, 0.2) is 119 Å². The first kappa shape index (κ1) is 57.3. The number of aromatic nitrogens is 4. The Morgan fingerprint density at radius 1 is 0.422 bits per heavy atom. The molecule has 0 saturated carbocycles. The second-order valence-electron chi connectivity index (χ2n) is 26.1. The Balaban J connectivity index is 0.808. The number of pyridine rings is 2. The van der Waals surface area contributed by atoms with Gasteiger partial charge in [-0.15, -0.1) is 0 Å². The molecule has 12 nitrogen and oxygen atoms in total. The Bertz CT molecular complexity index is 5350.